The number of anilines is 3. The zero-order valence-corrected chi connectivity index (χ0v) is 11.2. The third kappa shape index (κ3) is 3.19. The van der Waals surface area contributed by atoms with Crippen molar-refractivity contribution in [2.45, 2.75) is 12.8 Å². The van der Waals surface area contributed by atoms with Crippen molar-refractivity contribution in [1.29, 1.82) is 0 Å². The molecule has 1 saturated carbocycles. The topological polar surface area (TPSA) is 113 Å². The number of carbonyl (C=O) groups excluding carboxylic acids is 2. The number of hydrogen-bond acceptors (Lipinski definition) is 4. The summed E-state index contributed by atoms with van der Waals surface area (Å²) in [4.78, 5) is 23.5. The number of nitrogens with two attached hydrogens (primary N) is 1. The molecule has 7 heteroatoms. The van der Waals surface area contributed by atoms with Crippen LogP contribution in [-0.4, -0.2) is 22.0 Å². The van der Waals surface area contributed by atoms with E-state index in [2.05, 4.69) is 20.8 Å². The number of H-pyrrole nitrogens is 1. The summed E-state index contributed by atoms with van der Waals surface area (Å²) in [7, 11) is 0. The van der Waals surface area contributed by atoms with Gasteiger partial charge in [0.1, 0.15) is 11.5 Å². The average Bonchev–Trinajstić information content (AvgIpc) is 3.23. The predicted molar refractivity (Wildman–Crippen MR) is 78.7 cm³/mol. The Balaban J connectivity index is 1.61. The fraction of sp³-hybridized carbons (Fsp3) is 0.214. The molecule has 108 valence electrons. The van der Waals surface area contributed by atoms with Gasteiger partial charge in [-0.3, -0.25) is 14.7 Å². The molecule has 1 aromatic carbocycles. The van der Waals surface area contributed by atoms with Crippen LogP contribution in [0.5, 0.6) is 0 Å². The quantitative estimate of drug-likeness (QED) is 0.683. The molecule has 0 radical (unpaired) electrons. The van der Waals surface area contributed by atoms with Gasteiger partial charge in [0.2, 0.25) is 5.91 Å². The second kappa shape index (κ2) is 5.28. The third-order valence-corrected chi connectivity index (χ3v) is 3.20. The molecule has 0 saturated heterocycles. The molecule has 0 atom stereocenters. The van der Waals surface area contributed by atoms with E-state index in [4.69, 9.17) is 5.73 Å². The Morgan fingerprint density at radius 1 is 1.14 bits per heavy atom. The summed E-state index contributed by atoms with van der Waals surface area (Å²) in [5.74, 6) is 0.155. The molecule has 21 heavy (non-hydrogen) atoms. The number of aromatic amines is 1. The lowest BCUT2D eigenvalue weighted by Gasteiger charge is -2.06. The smallest absolute Gasteiger partial charge is 0.273 e. The van der Waals surface area contributed by atoms with Crippen LogP contribution < -0.4 is 16.4 Å². The number of aromatic nitrogens is 2. The van der Waals surface area contributed by atoms with Gasteiger partial charge in [-0.05, 0) is 37.1 Å². The van der Waals surface area contributed by atoms with Crippen LogP contribution in [0.2, 0.25) is 0 Å². The van der Waals surface area contributed by atoms with E-state index in [0.29, 0.717) is 11.4 Å². The number of carbonyl (C=O) groups is 2. The molecular formula is C14H15N5O2. The average molecular weight is 285 g/mol. The van der Waals surface area contributed by atoms with Gasteiger partial charge in [0.25, 0.3) is 5.91 Å². The van der Waals surface area contributed by atoms with Crippen LogP contribution in [0.3, 0.4) is 0 Å². The highest BCUT2D eigenvalue weighted by Gasteiger charge is 2.29. The molecule has 1 aliphatic rings. The van der Waals surface area contributed by atoms with Crippen molar-refractivity contribution in [1.82, 2.24) is 10.2 Å². The maximum atomic E-state index is 11.9. The number of amides is 2. The van der Waals surface area contributed by atoms with Gasteiger partial charge in [0, 0.05) is 23.4 Å². The minimum absolute atomic E-state index is 0.0553. The monoisotopic (exact) mass is 285 g/mol. The first kappa shape index (κ1) is 13.2. The van der Waals surface area contributed by atoms with Gasteiger partial charge >= 0.3 is 0 Å². The van der Waals surface area contributed by atoms with Gasteiger partial charge in [-0.1, -0.05) is 0 Å². The number of nitrogens with one attached hydrogen (secondary N) is 3. The number of hydrogen-bond donors (Lipinski definition) is 4. The number of nitrogen functional groups attached to an aromatic ring is 1. The largest absolute Gasteiger partial charge is 0.382 e. The van der Waals surface area contributed by atoms with E-state index in [9.17, 15) is 9.59 Å². The number of nitrogens with zero attached hydrogens (tertiary/aromatic N) is 1. The molecule has 1 aromatic heterocycles. The first-order chi connectivity index (χ1) is 10.1. The summed E-state index contributed by atoms with van der Waals surface area (Å²) < 4.78 is 0. The van der Waals surface area contributed by atoms with Gasteiger partial charge in [0.15, 0.2) is 0 Å². The SMILES string of the molecule is Nc1cc(C(=O)Nc2ccc(NC(=O)C3CC3)cc2)[nH]n1. The van der Waals surface area contributed by atoms with Gasteiger partial charge in [0.05, 0.1) is 0 Å². The molecule has 1 heterocycles. The van der Waals surface area contributed by atoms with E-state index in [1.807, 2.05) is 0 Å². The molecule has 1 fully saturated rings. The second-order valence-corrected chi connectivity index (χ2v) is 5.00. The summed E-state index contributed by atoms with van der Waals surface area (Å²) in [5, 5.41) is 11.8. The Bertz CT molecular complexity index is 673. The Morgan fingerprint density at radius 3 is 2.29 bits per heavy atom. The van der Waals surface area contributed by atoms with E-state index < -0.39 is 0 Å². The molecule has 2 amide bonds. The van der Waals surface area contributed by atoms with Gasteiger partial charge < -0.3 is 16.4 Å². The van der Waals surface area contributed by atoms with Crippen molar-refractivity contribution in [2.24, 2.45) is 5.92 Å². The van der Waals surface area contributed by atoms with Crippen molar-refractivity contribution in [3.63, 3.8) is 0 Å². The minimum atomic E-state index is -0.325. The van der Waals surface area contributed by atoms with E-state index in [1.54, 1.807) is 24.3 Å². The van der Waals surface area contributed by atoms with E-state index >= 15 is 0 Å². The summed E-state index contributed by atoms with van der Waals surface area (Å²) in [5.41, 5.74) is 7.07. The van der Waals surface area contributed by atoms with E-state index in [0.717, 1.165) is 18.5 Å². The highest BCUT2D eigenvalue weighted by molar-refractivity contribution is 6.03. The van der Waals surface area contributed by atoms with Crippen LogP contribution in [0.15, 0.2) is 30.3 Å². The van der Waals surface area contributed by atoms with Crippen LogP contribution in [0.1, 0.15) is 23.3 Å². The molecule has 0 unspecified atom stereocenters. The molecule has 3 rings (SSSR count). The van der Waals surface area contributed by atoms with Crippen molar-refractivity contribution < 1.29 is 9.59 Å². The maximum absolute atomic E-state index is 11.9. The van der Waals surface area contributed by atoms with Crippen molar-refractivity contribution >= 4 is 29.0 Å². The number of benzene rings is 1. The molecule has 1 aliphatic carbocycles. The number of rotatable bonds is 4. The van der Waals surface area contributed by atoms with Crippen LogP contribution in [0.4, 0.5) is 17.2 Å². The van der Waals surface area contributed by atoms with Crippen LogP contribution >= 0.6 is 0 Å². The van der Waals surface area contributed by atoms with E-state index in [-0.39, 0.29) is 23.6 Å². The summed E-state index contributed by atoms with van der Waals surface area (Å²) in [6.07, 6.45) is 1.93. The van der Waals surface area contributed by atoms with Gasteiger partial charge in [-0.15, -0.1) is 0 Å². The summed E-state index contributed by atoms with van der Waals surface area (Å²) >= 11 is 0. The first-order valence-electron chi connectivity index (χ1n) is 6.65. The Morgan fingerprint density at radius 2 is 1.76 bits per heavy atom. The lowest BCUT2D eigenvalue weighted by molar-refractivity contribution is -0.117. The van der Waals surface area contributed by atoms with Crippen LogP contribution in [0.25, 0.3) is 0 Å². The predicted octanol–water partition coefficient (Wildman–Crippen LogP) is 1.59. The highest BCUT2D eigenvalue weighted by atomic mass is 16.2. The van der Waals surface area contributed by atoms with Gasteiger partial charge in [-0.2, -0.15) is 5.10 Å². The standard InChI is InChI=1S/C14H15N5O2/c15-12-7-11(18-19-12)14(21)17-10-5-3-9(4-6-10)16-13(20)8-1-2-8/h3-8H,1-2H2,(H,16,20)(H,17,21)(H3,15,18,19). The fourth-order valence-corrected chi connectivity index (χ4v) is 1.88. The molecule has 5 N–H and O–H groups in total. The molecule has 7 nitrogen and oxygen atoms in total. The molecular weight excluding hydrogens is 270 g/mol. The van der Waals surface area contributed by atoms with Crippen molar-refractivity contribution in [3.8, 4) is 0 Å². The van der Waals surface area contributed by atoms with Crippen molar-refractivity contribution in [2.75, 3.05) is 16.4 Å². The normalized spacial score (nSPS) is 13.7. The summed E-state index contributed by atoms with van der Waals surface area (Å²) in [6.45, 7) is 0. The fourth-order valence-electron chi connectivity index (χ4n) is 1.88. The van der Waals surface area contributed by atoms with Crippen LogP contribution in [-0.2, 0) is 4.79 Å². The summed E-state index contributed by atoms with van der Waals surface area (Å²) in [6, 6.07) is 8.40. The Hall–Kier alpha value is -2.83. The zero-order valence-electron chi connectivity index (χ0n) is 11.2. The lowest BCUT2D eigenvalue weighted by atomic mass is 10.2. The Kier molecular flexibility index (Phi) is 3.31. The van der Waals surface area contributed by atoms with Crippen molar-refractivity contribution in [3.05, 3.63) is 36.0 Å². The van der Waals surface area contributed by atoms with Gasteiger partial charge in [-0.25, -0.2) is 0 Å². The maximum Gasteiger partial charge on any atom is 0.273 e. The minimum Gasteiger partial charge on any atom is -0.382 e. The van der Waals surface area contributed by atoms with Crippen LogP contribution in [0, 0.1) is 5.92 Å². The Labute approximate surface area is 120 Å². The molecule has 2 aromatic rings. The van der Waals surface area contributed by atoms with E-state index in [1.165, 1.54) is 6.07 Å². The zero-order chi connectivity index (χ0) is 14.8. The lowest BCUT2D eigenvalue weighted by Crippen LogP contribution is -2.14. The second-order valence-electron chi connectivity index (χ2n) is 5.00. The molecule has 0 bridgehead atoms. The molecule has 0 spiro atoms. The first-order valence-corrected chi connectivity index (χ1v) is 6.65. The molecule has 0 aliphatic heterocycles. The highest BCUT2D eigenvalue weighted by Crippen LogP contribution is 2.30. The third-order valence-electron chi connectivity index (χ3n) is 3.20.